The number of nitrogens with two attached hydrogens (primary N) is 2. The molecule has 1 unspecified atom stereocenters. The number of carbonyl (C=O) groups excluding carboxylic acids is 1. The largest absolute Gasteiger partial charge is 0.383 e. The minimum atomic E-state index is -0.463. The minimum absolute atomic E-state index is 0.0772. The fourth-order valence-electron chi connectivity index (χ4n) is 1.61. The number of hydrogen-bond donors (Lipinski definition) is 3. The summed E-state index contributed by atoms with van der Waals surface area (Å²) in [6.07, 6.45) is 2.06. The Labute approximate surface area is 101 Å². The number of aromatic nitrogens is 2. The molecule has 0 radical (unpaired) electrons. The number of amides is 1. The molecule has 0 aliphatic heterocycles. The molecule has 0 spiro atoms. The number of nitrogens with one attached hydrogen (secondary N) is 1. The van der Waals surface area contributed by atoms with E-state index in [1.165, 1.54) is 6.33 Å². The van der Waals surface area contributed by atoms with Gasteiger partial charge in [0.2, 0.25) is 5.91 Å². The van der Waals surface area contributed by atoms with Crippen LogP contribution in [-0.2, 0) is 11.2 Å². The Kier molecular flexibility index (Phi) is 4.25. The van der Waals surface area contributed by atoms with Crippen LogP contribution in [0.15, 0.2) is 6.33 Å². The molecule has 94 valence electrons. The summed E-state index contributed by atoms with van der Waals surface area (Å²) in [5.74, 6) is 0.683. The number of hydrogen-bond acceptors (Lipinski definition) is 5. The lowest BCUT2D eigenvalue weighted by atomic mass is 10.0. The van der Waals surface area contributed by atoms with Crippen LogP contribution in [0.1, 0.15) is 26.3 Å². The van der Waals surface area contributed by atoms with Crippen LogP contribution in [-0.4, -0.2) is 21.9 Å². The molecular formula is C11H19N5O. The summed E-state index contributed by atoms with van der Waals surface area (Å²) in [6, 6.07) is -0.463. The highest BCUT2D eigenvalue weighted by Crippen LogP contribution is 2.19. The average molecular weight is 237 g/mol. The molecule has 1 aromatic heterocycles. The Balaban J connectivity index is 3.01. The van der Waals surface area contributed by atoms with Gasteiger partial charge in [-0.05, 0) is 12.3 Å². The van der Waals surface area contributed by atoms with E-state index in [1.807, 2.05) is 20.8 Å². The Hall–Kier alpha value is -1.85. The Morgan fingerprint density at radius 1 is 1.47 bits per heavy atom. The van der Waals surface area contributed by atoms with Gasteiger partial charge < -0.3 is 16.8 Å². The van der Waals surface area contributed by atoms with Crippen LogP contribution in [0, 0.1) is 5.92 Å². The molecule has 0 aliphatic carbocycles. The summed E-state index contributed by atoms with van der Waals surface area (Å²) in [4.78, 5) is 19.3. The Morgan fingerprint density at radius 2 is 2.12 bits per heavy atom. The third-order valence-electron chi connectivity index (χ3n) is 2.60. The standard InChI is InChI=1S/C11H19N5O/c1-4-7-9(12)14-5-15-11(7)16-8(6(2)3)10(13)17/h5-6,8H,4H2,1-3H3,(H2,13,17)(H3,12,14,15,16). The van der Waals surface area contributed by atoms with Gasteiger partial charge in [-0.25, -0.2) is 9.97 Å². The van der Waals surface area contributed by atoms with Gasteiger partial charge in [0.05, 0.1) is 0 Å². The maximum absolute atomic E-state index is 11.3. The maximum Gasteiger partial charge on any atom is 0.240 e. The van der Waals surface area contributed by atoms with E-state index < -0.39 is 11.9 Å². The first-order valence-corrected chi connectivity index (χ1v) is 5.62. The monoisotopic (exact) mass is 237 g/mol. The quantitative estimate of drug-likeness (QED) is 0.693. The van der Waals surface area contributed by atoms with Gasteiger partial charge in [-0.2, -0.15) is 0 Å². The molecule has 1 rings (SSSR count). The minimum Gasteiger partial charge on any atom is -0.383 e. The Bertz CT molecular complexity index is 405. The Morgan fingerprint density at radius 3 is 2.59 bits per heavy atom. The number of carbonyl (C=O) groups is 1. The molecule has 0 bridgehead atoms. The van der Waals surface area contributed by atoms with Gasteiger partial charge >= 0.3 is 0 Å². The fourth-order valence-corrected chi connectivity index (χ4v) is 1.61. The average Bonchev–Trinajstić information content (AvgIpc) is 2.25. The van der Waals surface area contributed by atoms with E-state index >= 15 is 0 Å². The van der Waals surface area contributed by atoms with Crippen molar-refractivity contribution in [2.75, 3.05) is 11.1 Å². The van der Waals surface area contributed by atoms with E-state index in [4.69, 9.17) is 11.5 Å². The highest BCUT2D eigenvalue weighted by Gasteiger charge is 2.21. The van der Waals surface area contributed by atoms with E-state index in [9.17, 15) is 4.79 Å². The highest BCUT2D eigenvalue weighted by atomic mass is 16.1. The van der Waals surface area contributed by atoms with Crippen LogP contribution in [0.4, 0.5) is 11.6 Å². The first-order chi connectivity index (χ1) is 7.97. The molecule has 0 fully saturated rings. The lowest BCUT2D eigenvalue weighted by molar-refractivity contribution is -0.119. The van der Waals surface area contributed by atoms with Crippen molar-refractivity contribution in [2.45, 2.75) is 33.2 Å². The van der Waals surface area contributed by atoms with Crippen molar-refractivity contribution in [2.24, 2.45) is 11.7 Å². The molecule has 5 N–H and O–H groups in total. The second kappa shape index (κ2) is 5.47. The van der Waals surface area contributed by atoms with Crippen LogP contribution in [0.2, 0.25) is 0 Å². The van der Waals surface area contributed by atoms with Crippen LogP contribution >= 0.6 is 0 Å². The first-order valence-electron chi connectivity index (χ1n) is 5.62. The molecule has 0 aliphatic rings. The van der Waals surface area contributed by atoms with E-state index in [1.54, 1.807) is 0 Å². The van der Waals surface area contributed by atoms with Gasteiger partial charge in [0, 0.05) is 5.56 Å². The summed E-state index contributed by atoms with van der Waals surface area (Å²) < 4.78 is 0. The molecular weight excluding hydrogens is 218 g/mol. The number of primary amides is 1. The van der Waals surface area contributed by atoms with Crippen molar-refractivity contribution in [3.05, 3.63) is 11.9 Å². The van der Waals surface area contributed by atoms with Gasteiger partial charge in [0.15, 0.2) is 0 Å². The topological polar surface area (TPSA) is 107 Å². The van der Waals surface area contributed by atoms with Crippen molar-refractivity contribution in [3.8, 4) is 0 Å². The highest BCUT2D eigenvalue weighted by molar-refractivity contribution is 5.83. The van der Waals surface area contributed by atoms with E-state index in [0.717, 1.165) is 5.56 Å². The summed E-state index contributed by atoms with van der Waals surface area (Å²) in [5, 5.41) is 3.03. The molecule has 1 atom stereocenters. The third-order valence-corrected chi connectivity index (χ3v) is 2.60. The summed E-state index contributed by atoms with van der Waals surface area (Å²) in [5.41, 5.74) is 11.9. The molecule has 1 heterocycles. The van der Waals surface area contributed by atoms with Gasteiger partial charge in [-0.1, -0.05) is 20.8 Å². The lowest BCUT2D eigenvalue weighted by Gasteiger charge is -2.21. The molecule has 1 amide bonds. The third kappa shape index (κ3) is 3.05. The molecule has 6 nitrogen and oxygen atoms in total. The first kappa shape index (κ1) is 13.2. The van der Waals surface area contributed by atoms with Gasteiger partial charge in [0.25, 0.3) is 0 Å². The van der Waals surface area contributed by atoms with E-state index in [2.05, 4.69) is 15.3 Å². The van der Waals surface area contributed by atoms with Crippen LogP contribution in [0.5, 0.6) is 0 Å². The molecule has 0 saturated carbocycles. The second-order valence-corrected chi connectivity index (χ2v) is 4.21. The van der Waals surface area contributed by atoms with Crippen molar-refractivity contribution >= 4 is 17.5 Å². The maximum atomic E-state index is 11.3. The predicted molar refractivity (Wildman–Crippen MR) is 67.3 cm³/mol. The van der Waals surface area contributed by atoms with Gasteiger partial charge in [0.1, 0.15) is 24.0 Å². The number of nitrogen functional groups attached to an aromatic ring is 1. The van der Waals surface area contributed by atoms with Gasteiger partial charge in [-0.15, -0.1) is 0 Å². The molecule has 17 heavy (non-hydrogen) atoms. The normalized spacial score (nSPS) is 12.5. The van der Waals surface area contributed by atoms with Crippen LogP contribution < -0.4 is 16.8 Å². The molecule has 1 aromatic rings. The lowest BCUT2D eigenvalue weighted by Crippen LogP contribution is -2.40. The van der Waals surface area contributed by atoms with Crippen molar-refractivity contribution in [3.63, 3.8) is 0 Å². The van der Waals surface area contributed by atoms with E-state index in [0.29, 0.717) is 18.1 Å². The SMILES string of the molecule is CCc1c(N)ncnc1NC(C(N)=O)C(C)C. The van der Waals surface area contributed by atoms with Gasteiger partial charge in [-0.3, -0.25) is 4.79 Å². The second-order valence-electron chi connectivity index (χ2n) is 4.21. The summed E-state index contributed by atoms with van der Waals surface area (Å²) >= 11 is 0. The summed E-state index contributed by atoms with van der Waals surface area (Å²) in [7, 11) is 0. The molecule has 6 heteroatoms. The van der Waals surface area contributed by atoms with Crippen LogP contribution in [0.3, 0.4) is 0 Å². The summed E-state index contributed by atoms with van der Waals surface area (Å²) in [6.45, 7) is 5.78. The zero-order valence-electron chi connectivity index (χ0n) is 10.4. The molecule has 0 aromatic carbocycles. The smallest absolute Gasteiger partial charge is 0.240 e. The van der Waals surface area contributed by atoms with E-state index in [-0.39, 0.29) is 5.92 Å². The molecule has 0 saturated heterocycles. The van der Waals surface area contributed by atoms with Crippen molar-refractivity contribution in [1.82, 2.24) is 9.97 Å². The zero-order chi connectivity index (χ0) is 13.0. The fraction of sp³-hybridized carbons (Fsp3) is 0.545. The number of anilines is 2. The zero-order valence-corrected chi connectivity index (χ0v) is 10.4. The number of nitrogens with zero attached hydrogens (tertiary/aromatic N) is 2. The number of rotatable bonds is 5. The van der Waals surface area contributed by atoms with Crippen molar-refractivity contribution in [1.29, 1.82) is 0 Å². The van der Waals surface area contributed by atoms with Crippen LogP contribution in [0.25, 0.3) is 0 Å². The van der Waals surface area contributed by atoms with Crippen molar-refractivity contribution < 1.29 is 4.79 Å². The predicted octanol–water partition coefficient (Wildman–Crippen LogP) is 0.543.